The van der Waals surface area contributed by atoms with Gasteiger partial charge in [0.05, 0.1) is 12.2 Å². The van der Waals surface area contributed by atoms with Crippen LogP contribution in [0.25, 0.3) is 12.2 Å². The molecule has 0 N–H and O–H groups in total. The van der Waals surface area contributed by atoms with Crippen LogP contribution < -0.4 is 0 Å². The maximum atomic E-state index is 11.8. The van der Waals surface area contributed by atoms with Crippen LogP contribution >= 0.6 is 0 Å². The fourth-order valence-corrected chi connectivity index (χ4v) is 1.66. The van der Waals surface area contributed by atoms with Gasteiger partial charge < -0.3 is 4.74 Å². The van der Waals surface area contributed by atoms with E-state index in [0.29, 0.717) is 12.2 Å². The molecule has 3 heteroatoms. The van der Waals surface area contributed by atoms with Gasteiger partial charge in [-0.15, -0.1) is 0 Å². The highest BCUT2D eigenvalue weighted by atomic mass is 16.5. The SMILES string of the molecule is CCOC(=O)c1cccc2c1\C=C/N=C\C=C/2. The van der Waals surface area contributed by atoms with E-state index >= 15 is 0 Å². The van der Waals surface area contributed by atoms with Crippen molar-refractivity contribution in [1.82, 2.24) is 0 Å². The van der Waals surface area contributed by atoms with Crippen molar-refractivity contribution in [3.05, 3.63) is 47.2 Å². The third-order valence-electron chi connectivity index (χ3n) is 2.41. The molecule has 0 saturated heterocycles. The summed E-state index contributed by atoms with van der Waals surface area (Å²) in [6.07, 6.45) is 8.96. The number of rotatable bonds is 2. The Hall–Kier alpha value is -2.16. The van der Waals surface area contributed by atoms with E-state index in [0.717, 1.165) is 11.1 Å². The first kappa shape index (κ1) is 11.3. The zero-order chi connectivity index (χ0) is 12.1. The lowest BCUT2D eigenvalue weighted by molar-refractivity contribution is 0.0526. The van der Waals surface area contributed by atoms with Gasteiger partial charge in [-0.25, -0.2) is 4.79 Å². The van der Waals surface area contributed by atoms with Crippen LogP contribution in [0.1, 0.15) is 28.4 Å². The summed E-state index contributed by atoms with van der Waals surface area (Å²) < 4.78 is 5.03. The van der Waals surface area contributed by atoms with E-state index in [1.165, 1.54) is 0 Å². The van der Waals surface area contributed by atoms with Crippen LogP contribution in [0.15, 0.2) is 35.5 Å². The maximum absolute atomic E-state index is 11.8. The van der Waals surface area contributed by atoms with Gasteiger partial charge in [-0.05, 0) is 36.3 Å². The Morgan fingerprint density at radius 1 is 1.35 bits per heavy atom. The number of ether oxygens (including phenoxy) is 1. The van der Waals surface area contributed by atoms with E-state index in [-0.39, 0.29) is 5.97 Å². The van der Waals surface area contributed by atoms with Gasteiger partial charge in [-0.3, -0.25) is 4.99 Å². The average Bonchev–Trinajstić information content (AvgIpc) is 2.29. The van der Waals surface area contributed by atoms with Gasteiger partial charge in [-0.2, -0.15) is 0 Å². The highest BCUT2D eigenvalue weighted by molar-refractivity contribution is 5.96. The van der Waals surface area contributed by atoms with Gasteiger partial charge in [0.2, 0.25) is 0 Å². The molecule has 1 aromatic carbocycles. The molecule has 0 amide bonds. The number of hydrogen-bond donors (Lipinski definition) is 0. The van der Waals surface area contributed by atoms with Crippen molar-refractivity contribution >= 4 is 24.3 Å². The molecule has 1 heterocycles. The molecule has 0 bridgehead atoms. The van der Waals surface area contributed by atoms with Gasteiger partial charge in [0.25, 0.3) is 0 Å². The summed E-state index contributed by atoms with van der Waals surface area (Å²) >= 11 is 0. The van der Waals surface area contributed by atoms with Gasteiger partial charge in [0.15, 0.2) is 0 Å². The highest BCUT2D eigenvalue weighted by Gasteiger charge is 2.12. The summed E-state index contributed by atoms with van der Waals surface area (Å²) in [5.41, 5.74) is 2.40. The van der Waals surface area contributed by atoms with Crippen LogP contribution in [0, 0.1) is 0 Å². The highest BCUT2D eigenvalue weighted by Crippen LogP contribution is 2.20. The Bertz CT molecular complexity index is 513. The second-order valence-corrected chi connectivity index (χ2v) is 3.50. The first-order valence-electron chi connectivity index (χ1n) is 5.49. The standard InChI is InChI=1S/C14H13NO2/c1-2-17-14(16)13-7-3-5-11-6-4-9-15-10-8-12(11)13/h3-10H,2H2,1H3/b6-4-,9-4?,10-8-,11-6?,12-8?,15-9-,15-10?. The number of hydrogen-bond acceptors (Lipinski definition) is 3. The molecule has 0 radical (unpaired) electrons. The van der Waals surface area contributed by atoms with Crippen LogP contribution in [0.2, 0.25) is 0 Å². The molecule has 0 spiro atoms. The lowest BCUT2D eigenvalue weighted by Crippen LogP contribution is -2.07. The van der Waals surface area contributed by atoms with E-state index in [4.69, 9.17) is 4.74 Å². The van der Waals surface area contributed by atoms with Crippen LogP contribution in [-0.4, -0.2) is 18.8 Å². The summed E-state index contributed by atoms with van der Waals surface area (Å²) in [6.45, 7) is 2.17. The van der Waals surface area contributed by atoms with E-state index in [1.807, 2.05) is 30.4 Å². The Kier molecular flexibility index (Phi) is 3.50. The fraction of sp³-hybridized carbons (Fsp3) is 0.143. The van der Waals surface area contributed by atoms with Gasteiger partial charge in [-0.1, -0.05) is 18.2 Å². The van der Waals surface area contributed by atoms with E-state index in [1.54, 1.807) is 25.4 Å². The molecule has 1 aromatic rings. The number of carbonyl (C=O) groups excluding carboxylic acids is 1. The predicted molar refractivity (Wildman–Crippen MR) is 69.0 cm³/mol. The maximum Gasteiger partial charge on any atom is 0.338 e. The van der Waals surface area contributed by atoms with Crippen LogP contribution in [0.5, 0.6) is 0 Å². The van der Waals surface area contributed by atoms with Crippen molar-refractivity contribution in [2.45, 2.75) is 6.92 Å². The molecule has 1 aliphatic rings. The topological polar surface area (TPSA) is 38.7 Å². The lowest BCUT2D eigenvalue weighted by atomic mass is 10.00. The molecule has 17 heavy (non-hydrogen) atoms. The molecule has 2 rings (SSSR count). The zero-order valence-electron chi connectivity index (χ0n) is 9.59. The third kappa shape index (κ3) is 2.50. The molecule has 0 aromatic heterocycles. The first-order valence-corrected chi connectivity index (χ1v) is 5.49. The minimum absolute atomic E-state index is 0.299. The van der Waals surface area contributed by atoms with Crippen molar-refractivity contribution in [2.75, 3.05) is 6.61 Å². The third-order valence-corrected chi connectivity index (χ3v) is 2.41. The normalized spacial score (nSPS) is 18.4. The molecular formula is C14H13NO2. The number of carbonyl (C=O) groups is 1. The number of aliphatic imine (C=N–C) groups is 1. The van der Waals surface area contributed by atoms with Gasteiger partial charge in [0, 0.05) is 12.4 Å². The Morgan fingerprint density at radius 2 is 2.24 bits per heavy atom. The van der Waals surface area contributed by atoms with E-state index < -0.39 is 0 Å². The second-order valence-electron chi connectivity index (χ2n) is 3.50. The van der Waals surface area contributed by atoms with Gasteiger partial charge in [0.1, 0.15) is 0 Å². The van der Waals surface area contributed by atoms with E-state index in [9.17, 15) is 4.79 Å². The Balaban J connectivity index is 2.49. The summed E-state index contributed by atoms with van der Waals surface area (Å²) in [5.74, 6) is -0.299. The van der Waals surface area contributed by atoms with Crippen molar-refractivity contribution < 1.29 is 9.53 Å². The fourth-order valence-electron chi connectivity index (χ4n) is 1.66. The van der Waals surface area contributed by atoms with Crippen LogP contribution in [0.4, 0.5) is 0 Å². The monoisotopic (exact) mass is 227 g/mol. The molecule has 0 unspecified atom stereocenters. The molecule has 0 fully saturated rings. The quantitative estimate of drug-likeness (QED) is 0.728. The van der Waals surface area contributed by atoms with Crippen molar-refractivity contribution in [3.63, 3.8) is 0 Å². The largest absolute Gasteiger partial charge is 0.462 e. The molecule has 1 aliphatic heterocycles. The molecule has 0 atom stereocenters. The number of benzene rings is 1. The predicted octanol–water partition coefficient (Wildman–Crippen LogP) is 2.93. The average molecular weight is 227 g/mol. The zero-order valence-corrected chi connectivity index (χ0v) is 9.59. The number of fused-ring (bicyclic) bond motifs is 1. The summed E-state index contributed by atoms with van der Waals surface area (Å²) in [4.78, 5) is 15.8. The Morgan fingerprint density at radius 3 is 3.06 bits per heavy atom. The first-order chi connectivity index (χ1) is 8.33. The minimum Gasteiger partial charge on any atom is -0.462 e. The molecule has 86 valence electrons. The number of esters is 1. The molecule has 0 saturated carbocycles. The lowest BCUT2D eigenvalue weighted by Gasteiger charge is -2.09. The molecule has 0 aliphatic carbocycles. The van der Waals surface area contributed by atoms with Crippen LogP contribution in [0.3, 0.4) is 0 Å². The summed E-state index contributed by atoms with van der Waals surface area (Å²) in [7, 11) is 0. The summed E-state index contributed by atoms with van der Waals surface area (Å²) in [5, 5.41) is 0. The van der Waals surface area contributed by atoms with Gasteiger partial charge >= 0.3 is 5.97 Å². The minimum atomic E-state index is -0.299. The van der Waals surface area contributed by atoms with Crippen molar-refractivity contribution in [2.24, 2.45) is 4.99 Å². The molecule has 3 nitrogen and oxygen atoms in total. The summed E-state index contributed by atoms with van der Waals surface area (Å²) in [6, 6.07) is 5.57. The van der Waals surface area contributed by atoms with Crippen LogP contribution in [-0.2, 0) is 4.74 Å². The number of nitrogens with zero attached hydrogens (tertiary/aromatic N) is 1. The Labute approximate surface area is 100 Å². The second kappa shape index (κ2) is 5.25. The molecular weight excluding hydrogens is 214 g/mol. The van der Waals surface area contributed by atoms with Crippen molar-refractivity contribution in [3.8, 4) is 0 Å². The van der Waals surface area contributed by atoms with E-state index in [2.05, 4.69) is 4.99 Å². The van der Waals surface area contributed by atoms with Crippen molar-refractivity contribution in [1.29, 1.82) is 0 Å². The smallest absolute Gasteiger partial charge is 0.338 e. The number of allylic oxidation sites excluding steroid dienone is 1.